The lowest BCUT2D eigenvalue weighted by atomic mass is 9.75. The molecule has 0 saturated carbocycles. The molecule has 0 spiro atoms. The fourth-order valence-electron chi connectivity index (χ4n) is 5.21. The van der Waals surface area contributed by atoms with Crippen LogP contribution in [0, 0.1) is 17.8 Å². The topological polar surface area (TPSA) is 0 Å². The Morgan fingerprint density at radius 3 is 2.74 bits per heavy atom. The van der Waals surface area contributed by atoms with Crippen molar-refractivity contribution < 1.29 is 0 Å². The van der Waals surface area contributed by atoms with Crippen molar-refractivity contribution in [3.05, 3.63) is 94.2 Å². The van der Waals surface area contributed by atoms with E-state index in [1.165, 1.54) is 41.6 Å². The lowest BCUT2D eigenvalue weighted by Gasteiger charge is -2.29. The smallest absolute Gasteiger partial charge is 0.00188 e. The second-order valence-electron chi connectivity index (χ2n) is 9.75. The van der Waals surface area contributed by atoms with E-state index in [2.05, 4.69) is 95.4 Å². The van der Waals surface area contributed by atoms with Crippen LogP contribution in [0.15, 0.2) is 94.2 Å². The van der Waals surface area contributed by atoms with Gasteiger partial charge in [0.2, 0.25) is 0 Å². The van der Waals surface area contributed by atoms with Crippen molar-refractivity contribution in [2.45, 2.75) is 79.6 Å². The van der Waals surface area contributed by atoms with Gasteiger partial charge in [0.15, 0.2) is 0 Å². The van der Waals surface area contributed by atoms with Crippen molar-refractivity contribution in [3.63, 3.8) is 0 Å². The number of allylic oxidation sites excluding steroid dienone is 16. The van der Waals surface area contributed by atoms with E-state index in [0.717, 1.165) is 25.7 Å². The molecule has 0 aromatic carbocycles. The van der Waals surface area contributed by atoms with Crippen LogP contribution in [0.4, 0.5) is 0 Å². The molecule has 31 heavy (non-hydrogen) atoms. The van der Waals surface area contributed by atoms with Crippen LogP contribution in [0.5, 0.6) is 0 Å². The molecule has 0 aliphatic heterocycles. The zero-order valence-corrected chi connectivity index (χ0v) is 20.5. The Bertz CT molecular complexity index is 875. The molecule has 0 N–H and O–H groups in total. The standard InChI is InChI=1S/C31H42/c1-6-25(4)31-22-29(30-16-10-12-24(3)21-26(30)5)20-19-28(31)15-8-7-13-27-14-9-11-23(2)17-18-27/h6-7,9,12-14,17,19,21-22,27,29-30H,8,10-11,15-16,18,20H2,1-5H3. The fourth-order valence-corrected chi connectivity index (χ4v) is 5.21. The van der Waals surface area contributed by atoms with Gasteiger partial charge in [-0.1, -0.05) is 77.5 Å². The summed E-state index contributed by atoms with van der Waals surface area (Å²) < 4.78 is 0. The molecule has 0 aromatic rings. The molecule has 0 nitrogen and oxygen atoms in total. The second-order valence-corrected chi connectivity index (χ2v) is 9.75. The lowest BCUT2D eigenvalue weighted by Crippen LogP contribution is -2.17. The van der Waals surface area contributed by atoms with Crippen molar-refractivity contribution in [1.29, 1.82) is 0 Å². The molecule has 0 fully saturated rings. The third-order valence-corrected chi connectivity index (χ3v) is 7.25. The van der Waals surface area contributed by atoms with E-state index in [4.69, 9.17) is 0 Å². The van der Waals surface area contributed by atoms with Gasteiger partial charge in [-0.25, -0.2) is 0 Å². The maximum atomic E-state index is 2.61. The van der Waals surface area contributed by atoms with Gasteiger partial charge >= 0.3 is 0 Å². The highest BCUT2D eigenvalue weighted by atomic mass is 14.3. The molecule has 0 aromatic heterocycles. The van der Waals surface area contributed by atoms with Crippen LogP contribution in [0.3, 0.4) is 0 Å². The van der Waals surface area contributed by atoms with E-state index < -0.39 is 0 Å². The molecular weight excluding hydrogens is 372 g/mol. The van der Waals surface area contributed by atoms with Crippen molar-refractivity contribution in [2.24, 2.45) is 17.8 Å². The maximum absolute atomic E-state index is 2.61. The molecule has 3 aliphatic carbocycles. The Kier molecular flexibility index (Phi) is 8.76. The Morgan fingerprint density at radius 2 is 1.94 bits per heavy atom. The summed E-state index contributed by atoms with van der Waals surface area (Å²) in [6.45, 7) is 11.3. The minimum Gasteiger partial charge on any atom is -0.0876 e. The minimum absolute atomic E-state index is 0.566. The molecule has 0 bridgehead atoms. The molecule has 0 saturated heterocycles. The highest BCUT2D eigenvalue weighted by molar-refractivity contribution is 5.48. The maximum Gasteiger partial charge on any atom is -0.00188 e. The first kappa shape index (κ1) is 23.6. The van der Waals surface area contributed by atoms with E-state index in [0.29, 0.717) is 17.8 Å². The number of hydrogen-bond acceptors (Lipinski definition) is 0. The molecule has 3 unspecified atom stereocenters. The van der Waals surface area contributed by atoms with Gasteiger partial charge in [0.05, 0.1) is 0 Å². The monoisotopic (exact) mass is 414 g/mol. The van der Waals surface area contributed by atoms with Crippen LogP contribution in [-0.4, -0.2) is 0 Å². The molecular formula is C31H42. The largest absolute Gasteiger partial charge is 0.0876 e. The van der Waals surface area contributed by atoms with Crippen LogP contribution in [0.25, 0.3) is 0 Å². The van der Waals surface area contributed by atoms with Crippen LogP contribution in [0.2, 0.25) is 0 Å². The predicted octanol–water partition coefficient (Wildman–Crippen LogP) is 9.38. The van der Waals surface area contributed by atoms with Crippen molar-refractivity contribution in [1.82, 2.24) is 0 Å². The van der Waals surface area contributed by atoms with Crippen LogP contribution < -0.4 is 0 Å². The summed E-state index contributed by atoms with van der Waals surface area (Å²) in [7, 11) is 0. The summed E-state index contributed by atoms with van der Waals surface area (Å²) in [5.41, 5.74) is 8.97. The highest BCUT2D eigenvalue weighted by Gasteiger charge is 2.25. The zero-order valence-electron chi connectivity index (χ0n) is 20.5. The quantitative estimate of drug-likeness (QED) is 0.380. The van der Waals surface area contributed by atoms with E-state index >= 15 is 0 Å². The van der Waals surface area contributed by atoms with Gasteiger partial charge < -0.3 is 0 Å². The van der Waals surface area contributed by atoms with Crippen molar-refractivity contribution >= 4 is 0 Å². The molecule has 0 amide bonds. The Balaban J connectivity index is 1.65. The second kappa shape index (κ2) is 11.5. The van der Waals surface area contributed by atoms with Crippen molar-refractivity contribution in [3.8, 4) is 0 Å². The molecule has 0 heterocycles. The third kappa shape index (κ3) is 6.70. The first-order chi connectivity index (χ1) is 15.0. The van der Waals surface area contributed by atoms with Gasteiger partial charge in [0.25, 0.3) is 0 Å². The Labute approximate surface area is 191 Å². The van der Waals surface area contributed by atoms with E-state index in [9.17, 15) is 0 Å². The first-order valence-electron chi connectivity index (χ1n) is 12.4. The Hall–Kier alpha value is -2.08. The predicted molar refractivity (Wildman–Crippen MR) is 138 cm³/mol. The van der Waals surface area contributed by atoms with Gasteiger partial charge in [0, 0.05) is 0 Å². The van der Waals surface area contributed by atoms with E-state index in [-0.39, 0.29) is 0 Å². The molecule has 0 radical (unpaired) electrons. The number of rotatable bonds is 6. The van der Waals surface area contributed by atoms with Crippen molar-refractivity contribution in [2.75, 3.05) is 0 Å². The third-order valence-electron chi connectivity index (χ3n) is 7.25. The van der Waals surface area contributed by atoms with E-state index in [1.54, 1.807) is 11.1 Å². The molecule has 0 heteroatoms. The zero-order chi connectivity index (χ0) is 22.2. The average Bonchev–Trinajstić information content (AvgIpc) is 3.07. The summed E-state index contributed by atoms with van der Waals surface area (Å²) in [4.78, 5) is 0. The van der Waals surface area contributed by atoms with Gasteiger partial charge in [-0.3, -0.25) is 0 Å². The molecule has 3 rings (SSSR count). The average molecular weight is 415 g/mol. The van der Waals surface area contributed by atoms with Crippen LogP contribution >= 0.6 is 0 Å². The Morgan fingerprint density at radius 1 is 1.10 bits per heavy atom. The lowest BCUT2D eigenvalue weighted by molar-refractivity contribution is 0.426. The fraction of sp³-hybridized carbons (Fsp3) is 0.484. The summed E-state index contributed by atoms with van der Waals surface area (Å²) in [6.07, 6.45) is 32.4. The summed E-state index contributed by atoms with van der Waals surface area (Å²) in [6, 6.07) is 0. The van der Waals surface area contributed by atoms with Gasteiger partial charge in [-0.2, -0.15) is 0 Å². The van der Waals surface area contributed by atoms with Gasteiger partial charge in [-0.15, -0.1) is 0 Å². The van der Waals surface area contributed by atoms with Gasteiger partial charge in [0.1, 0.15) is 0 Å². The molecule has 3 atom stereocenters. The summed E-state index contributed by atoms with van der Waals surface area (Å²) >= 11 is 0. The molecule has 166 valence electrons. The normalized spacial score (nSPS) is 27.7. The minimum atomic E-state index is 0.566. The van der Waals surface area contributed by atoms with Crippen LogP contribution in [-0.2, 0) is 0 Å². The summed E-state index contributed by atoms with van der Waals surface area (Å²) in [5.74, 6) is 1.87. The first-order valence-corrected chi connectivity index (χ1v) is 12.4. The SMILES string of the molecule is CC=C(C)C1=CC(C2CCC=C(C)C=C2C)CC=C1CCC=CC1C=CCC(C)=CC1. The van der Waals surface area contributed by atoms with E-state index in [1.807, 2.05) is 0 Å². The highest BCUT2D eigenvalue weighted by Crippen LogP contribution is 2.39. The van der Waals surface area contributed by atoms with Crippen LogP contribution in [0.1, 0.15) is 79.6 Å². The number of hydrogen-bond donors (Lipinski definition) is 0. The molecule has 3 aliphatic rings. The van der Waals surface area contributed by atoms with Gasteiger partial charge in [-0.05, 0) is 114 Å². The summed E-state index contributed by atoms with van der Waals surface area (Å²) in [5, 5.41) is 0.